The molecule has 1 aliphatic carbocycles. The van der Waals surface area contributed by atoms with Crippen LogP contribution in [0.1, 0.15) is 57.2 Å². The molecule has 1 aromatic heterocycles. The normalized spacial score (nSPS) is 17.8. The predicted octanol–water partition coefficient (Wildman–Crippen LogP) is 2.54. The summed E-state index contributed by atoms with van der Waals surface area (Å²) >= 11 is 1.70. The van der Waals surface area contributed by atoms with Crippen molar-refractivity contribution in [3.8, 4) is 0 Å². The Morgan fingerprint density at radius 1 is 1.31 bits per heavy atom. The third kappa shape index (κ3) is 2.51. The smallest absolute Gasteiger partial charge is 0.209 e. The zero-order chi connectivity index (χ0) is 11.4. The van der Waals surface area contributed by atoms with Gasteiger partial charge in [-0.25, -0.2) is 4.68 Å². The lowest BCUT2D eigenvalue weighted by Crippen LogP contribution is -2.18. The minimum Gasteiger partial charge on any atom is -0.336 e. The van der Waals surface area contributed by atoms with Crippen molar-refractivity contribution in [1.29, 1.82) is 0 Å². The van der Waals surface area contributed by atoms with Crippen molar-refractivity contribution in [3.63, 3.8) is 0 Å². The Morgan fingerprint density at radius 2 is 2.06 bits per heavy atom. The van der Waals surface area contributed by atoms with Gasteiger partial charge < -0.3 is 5.84 Å². The first-order chi connectivity index (χ1) is 7.83. The number of nitrogens with two attached hydrogens (primary N) is 1. The molecule has 1 aliphatic rings. The maximum Gasteiger partial charge on any atom is 0.209 e. The molecule has 1 heterocycles. The fraction of sp³-hybridized carbons (Fsp3) is 0.818. The van der Waals surface area contributed by atoms with Gasteiger partial charge in [0.05, 0.1) is 0 Å². The van der Waals surface area contributed by atoms with Crippen LogP contribution in [0.4, 0.5) is 0 Å². The summed E-state index contributed by atoms with van der Waals surface area (Å²) in [6.45, 7) is 2.16. The first-order valence-corrected chi connectivity index (χ1v) is 7.14. The van der Waals surface area contributed by atoms with Crippen molar-refractivity contribution in [1.82, 2.24) is 14.9 Å². The second kappa shape index (κ2) is 5.57. The lowest BCUT2D eigenvalue weighted by atomic mass is 9.89. The molecule has 1 aromatic rings. The number of aromatic nitrogens is 3. The standard InChI is InChI=1S/C11H20N4S/c1-2-8-16-11-14-13-10(15(11)12)9-6-4-3-5-7-9/h9H,2-8,12H2,1H3. The third-order valence-corrected chi connectivity index (χ3v) is 4.25. The summed E-state index contributed by atoms with van der Waals surface area (Å²) in [7, 11) is 0. The molecule has 0 radical (unpaired) electrons. The highest BCUT2D eigenvalue weighted by Gasteiger charge is 2.22. The second-order valence-corrected chi connectivity index (χ2v) is 5.46. The highest BCUT2D eigenvalue weighted by Crippen LogP contribution is 2.32. The van der Waals surface area contributed by atoms with Gasteiger partial charge in [0.15, 0.2) is 5.82 Å². The summed E-state index contributed by atoms with van der Waals surface area (Å²) in [5.41, 5.74) is 0. The van der Waals surface area contributed by atoms with Crippen LogP contribution >= 0.6 is 11.8 Å². The predicted molar refractivity (Wildman–Crippen MR) is 67.0 cm³/mol. The van der Waals surface area contributed by atoms with Gasteiger partial charge in [-0.3, -0.25) is 0 Å². The lowest BCUT2D eigenvalue weighted by Gasteiger charge is -2.20. The fourth-order valence-corrected chi connectivity index (χ4v) is 2.94. The third-order valence-electron chi connectivity index (χ3n) is 3.10. The Morgan fingerprint density at radius 3 is 2.75 bits per heavy atom. The van der Waals surface area contributed by atoms with E-state index in [-0.39, 0.29) is 0 Å². The average molecular weight is 240 g/mol. The Labute approximate surface area is 101 Å². The summed E-state index contributed by atoms with van der Waals surface area (Å²) < 4.78 is 1.70. The molecule has 90 valence electrons. The van der Waals surface area contributed by atoms with E-state index >= 15 is 0 Å². The molecule has 16 heavy (non-hydrogen) atoms. The van der Waals surface area contributed by atoms with Gasteiger partial charge in [-0.2, -0.15) is 0 Å². The monoisotopic (exact) mass is 240 g/mol. The van der Waals surface area contributed by atoms with E-state index in [1.165, 1.54) is 32.1 Å². The molecule has 1 saturated carbocycles. The van der Waals surface area contributed by atoms with E-state index < -0.39 is 0 Å². The Balaban J connectivity index is 2.06. The molecule has 0 aromatic carbocycles. The van der Waals surface area contributed by atoms with Gasteiger partial charge in [0.25, 0.3) is 0 Å². The van der Waals surface area contributed by atoms with Crippen LogP contribution in [0.25, 0.3) is 0 Å². The summed E-state index contributed by atoms with van der Waals surface area (Å²) in [6, 6.07) is 0. The minimum atomic E-state index is 0.530. The van der Waals surface area contributed by atoms with Crippen molar-refractivity contribution in [2.45, 2.75) is 56.5 Å². The largest absolute Gasteiger partial charge is 0.336 e. The van der Waals surface area contributed by atoms with E-state index in [4.69, 9.17) is 5.84 Å². The van der Waals surface area contributed by atoms with Gasteiger partial charge in [-0.1, -0.05) is 37.9 Å². The molecule has 1 fully saturated rings. The molecule has 5 heteroatoms. The first kappa shape index (κ1) is 11.8. The van der Waals surface area contributed by atoms with Gasteiger partial charge in [-0.15, -0.1) is 10.2 Å². The van der Waals surface area contributed by atoms with Crippen molar-refractivity contribution in [3.05, 3.63) is 5.82 Å². The number of thioether (sulfide) groups is 1. The van der Waals surface area contributed by atoms with Crippen molar-refractivity contribution < 1.29 is 0 Å². The lowest BCUT2D eigenvalue weighted by molar-refractivity contribution is 0.421. The minimum absolute atomic E-state index is 0.530. The molecular formula is C11H20N4S. The molecule has 2 N–H and O–H groups in total. The molecule has 4 nitrogen and oxygen atoms in total. The zero-order valence-corrected chi connectivity index (χ0v) is 10.7. The van der Waals surface area contributed by atoms with Crippen LogP contribution in [0.5, 0.6) is 0 Å². The quantitative estimate of drug-likeness (QED) is 0.649. The van der Waals surface area contributed by atoms with Gasteiger partial charge in [-0.05, 0) is 19.3 Å². The second-order valence-electron chi connectivity index (χ2n) is 4.39. The summed E-state index contributed by atoms with van der Waals surface area (Å²) in [5.74, 6) is 8.62. The van der Waals surface area contributed by atoms with E-state index in [1.807, 2.05) is 0 Å². The van der Waals surface area contributed by atoms with Crippen LogP contribution < -0.4 is 5.84 Å². The molecule has 0 aliphatic heterocycles. The van der Waals surface area contributed by atoms with E-state index in [9.17, 15) is 0 Å². The van der Waals surface area contributed by atoms with Crippen LogP contribution in [0.15, 0.2) is 5.16 Å². The van der Waals surface area contributed by atoms with E-state index in [0.29, 0.717) is 5.92 Å². The molecule has 0 spiro atoms. The molecule has 0 atom stereocenters. The van der Waals surface area contributed by atoms with Gasteiger partial charge >= 0.3 is 0 Å². The van der Waals surface area contributed by atoms with Gasteiger partial charge in [0, 0.05) is 11.7 Å². The SMILES string of the molecule is CCCSc1nnc(C2CCCCC2)n1N. The van der Waals surface area contributed by atoms with Gasteiger partial charge in [0.2, 0.25) is 5.16 Å². The van der Waals surface area contributed by atoms with Crippen LogP contribution in [0, 0.1) is 0 Å². The Hall–Kier alpha value is -0.710. The van der Waals surface area contributed by atoms with E-state index in [0.717, 1.165) is 23.2 Å². The maximum absolute atomic E-state index is 6.05. The van der Waals surface area contributed by atoms with E-state index in [2.05, 4.69) is 17.1 Å². The van der Waals surface area contributed by atoms with E-state index in [1.54, 1.807) is 16.4 Å². The maximum atomic E-state index is 6.05. The Bertz CT molecular complexity index is 331. The van der Waals surface area contributed by atoms with Crippen LogP contribution in [-0.2, 0) is 0 Å². The van der Waals surface area contributed by atoms with Gasteiger partial charge in [0.1, 0.15) is 0 Å². The summed E-state index contributed by atoms with van der Waals surface area (Å²) in [4.78, 5) is 0. The van der Waals surface area contributed by atoms with Crippen LogP contribution in [-0.4, -0.2) is 20.6 Å². The highest BCUT2D eigenvalue weighted by atomic mass is 32.2. The zero-order valence-electron chi connectivity index (χ0n) is 9.85. The number of nitrogens with zero attached hydrogens (tertiary/aromatic N) is 3. The van der Waals surface area contributed by atoms with Crippen LogP contribution in [0.3, 0.4) is 0 Å². The highest BCUT2D eigenvalue weighted by molar-refractivity contribution is 7.99. The average Bonchev–Trinajstić information content (AvgIpc) is 2.69. The van der Waals surface area contributed by atoms with Crippen molar-refractivity contribution in [2.24, 2.45) is 0 Å². The summed E-state index contributed by atoms with van der Waals surface area (Å²) in [5, 5.41) is 9.30. The van der Waals surface area contributed by atoms with Crippen molar-refractivity contribution >= 4 is 11.8 Å². The Kier molecular flexibility index (Phi) is 4.09. The number of rotatable bonds is 4. The molecule has 0 bridgehead atoms. The topological polar surface area (TPSA) is 56.7 Å². The van der Waals surface area contributed by atoms with Crippen molar-refractivity contribution in [2.75, 3.05) is 11.6 Å². The molecular weight excluding hydrogens is 220 g/mol. The summed E-state index contributed by atoms with van der Waals surface area (Å²) in [6.07, 6.45) is 7.52. The fourth-order valence-electron chi connectivity index (χ4n) is 2.22. The molecule has 0 amide bonds. The molecule has 0 unspecified atom stereocenters. The number of nitrogen functional groups attached to an aromatic ring is 1. The molecule has 0 saturated heterocycles. The first-order valence-electron chi connectivity index (χ1n) is 6.16. The molecule has 2 rings (SSSR count). The van der Waals surface area contributed by atoms with Crippen LogP contribution in [0.2, 0.25) is 0 Å². The number of hydrogen-bond acceptors (Lipinski definition) is 4. The number of hydrogen-bond donors (Lipinski definition) is 1.